The molecule has 3 aromatic heterocycles. The molecule has 0 spiro atoms. The Morgan fingerprint density at radius 3 is 2.68 bits per heavy atom. The highest BCUT2D eigenvalue weighted by Crippen LogP contribution is 2.28. The molecule has 0 bridgehead atoms. The molecule has 0 saturated carbocycles. The lowest BCUT2D eigenvalue weighted by atomic mass is 10.2. The van der Waals surface area contributed by atoms with Crippen molar-refractivity contribution in [3.05, 3.63) is 34.8 Å². The Morgan fingerprint density at radius 2 is 1.97 bits per heavy atom. The van der Waals surface area contributed by atoms with Gasteiger partial charge in [0.05, 0.1) is 31.6 Å². The summed E-state index contributed by atoms with van der Waals surface area (Å²) in [5.41, 5.74) is 2.48. The minimum atomic E-state index is 0.0455. The standard InChI is InChI=1S/C23H30N6O4S/c1-15-11-19(17(3)29(15)21-12-16(2)33-26-21)20(30)14-34-23-25-24-22(27-6-9-31-10-7-27)28(23)13-18-5-4-8-32-18/h11-12,18H,4-10,13-14H2,1-3H3. The number of ether oxygens (including phenoxy) is 2. The molecule has 2 aliphatic rings. The summed E-state index contributed by atoms with van der Waals surface area (Å²) in [5.74, 6) is 2.56. The van der Waals surface area contributed by atoms with Crippen LogP contribution in [0.25, 0.3) is 5.82 Å². The highest BCUT2D eigenvalue weighted by molar-refractivity contribution is 7.99. The molecule has 2 fully saturated rings. The molecule has 5 heterocycles. The van der Waals surface area contributed by atoms with Gasteiger partial charge in [-0.25, -0.2) is 0 Å². The highest BCUT2D eigenvalue weighted by Gasteiger charge is 2.26. The van der Waals surface area contributed by atoms with Crippen LogP contribution in [0.15, 0.2) is 21.8 Å². The predicted octanol–water partition coefficient (Wildman–Crippen LogP) is 2.97. The van der Waals surface area contributed by atoms with Crippen molar-refractivity contribution in [1.29, 1.82) is 0 Å². The number of carbonyl (C=O) groups excluding carboxylic acids is 1. The van der Waals surface area contributed by atoms with Gasteiger partial charge in [0.25, 0.3) is 0 Å². The summed E-state index contributed by atoms with van der Waals surface area (Å²) in [4.78, 5) is 15.4. The lowest BCUT2D eigenvalue weighted by Crippen LogP contribution is -2.38. The molecular weight excluding hydrogens is 456 g/mol. The average molecular weight is 487 g/mol. The molecule has 0 aliphatic carbocycles. The van der Waals surface area contributed by atoms with E-state index in [-0.39, 0.29) is 17.6 Å². The summed E-state index contributed by atoms with van der Waals surface area (Å²) in [7, 11) is 0. The summed E-state index contributed by atoms with van der Waals surface area (Å²) in [6, 6.07) is 3.78. The Kier molecular flexibility index (Phi) is 6.75. The third kappa shape index (κ3) is 4.64. The lowest BCUT2D eigenvalue weighted by Gasteiger charge is -2.28. The zero-order valence-electron chi connectivity index (χ0n) is 19.8. The minimum absolute atomic E-state index is 0.0455. The lowest BCUT2D eigenvalue weighted by molar-refractivity contribution is 0.0942. The van der Waals surface area contributed by atoms with Crippen molar-refractivity contribution in [3.8, 4) is 5.82 Å². The van der Waals surface area contributed by atoms with E-state index in [1.807, 2.05) is 37.5 Å². The van der Waals surface area contributed by atoms with Gasteiger partial charge in [0, 0.05) is 42.7 Å². The first-order valence-electron chi connectivity index (χ1n) is 11.7. The van der Waals surface area contributed by atoms with Gasteiger partial charge in [0.2, 0.25) is 5.95 Å². The first-order chi connectivity index (χ1) is 16.5. The first-order valence-corrected chi connectivity index (χ1v) is 12.7. The molecule has 182 valence electrons. The van der Waals surface area contributed by atoms with E-state index in [0.29, 0.717) is 31.1 Å². The van der Waals surface area contributed by atoms with E-state index in [1.165, 1.54) is 11.8 Å². The molecule has 10 nitrogen and oxygen atoms in total. The van der Waals surface area contributed by atoms with Crippen molar-refractivity contribution in [3.63, 3.8) is 0 Å². The van der Waals surface area contributed by atoms with Crippen molar-refractivity contribution >= 4 is 23.5 Å². The number of hydrogen-bond acceptors (Lipinski definition) is 9. The monoisotopic (exact) mass is 486 g/mol. The van der Waals surface area contributed by atoms with Crippen molar-refractivity contribution < 1.29 is 18.8 Å². The van der Waals surface area contributed by atoms with E-state index in [2.05, 4.69) is 24.8 Å². The average Bonchev–Trinajstić information content (AvgIpc) is 3.62. The number of anilines is 1. The number of aryl methyl sites for hydroxylation is 2. The van der Waals surface area contributed by atoms with E-state index in [4.69, 9.17) is 14.0 Å². The van der Waals surface area contributed by atoms with Crippen molar-refractivity contribution in [2.24, 2.45) is 0 Å². The molecule has 1 unspecified atom stereocenters. The van der Waals surface area contributed by atoms with Crippen LogP contribution >= 0.6 is 11.8 Å². The number of thioether (sulfide) groups is 1. The van der Waals surface area contributed by atoms with Gasteiger partial charge < -0.3 is 18.9 Å². The summed E-state index contributed by atoms with van der Waals surface area (Å²) >= 11 is 1.42. The number of nitrogens with zero attached hydrogens (tertiary/aromatic N) is 6. The number of aromatic nitrogens is 5. The van der Waals surface area contributed by atoms with Gasteiger partial charge in [-0.2, -0.15) is 0 Å². The normalized spacial score (nSPS) is 18.7. The second kappa shape index (κ2) is 9.93. The predicted molar refractivity (Wildman–Crippen MR) is 127 cm³/mol. The van der Waals surface area contributed by atoms with Gasteiger partial charge in [-0.15, -0.1) is 10.2 Å². The smallest absolute Gasteiger partial charge is 0.228 e. The fourth-order valence-electron chi connectivity index (χ4n) is 4.60. The Balaban J connectivity index is 1.34. The topological polar surface area (TPSA) is 100 Å². The number of morpholine rings is 1. The molecule has 2 aliphatic heterocycles. The van der Waals surface area contributed by atoms with Gasteiger partial charge >= 0.3 is 0 Å². The van der Waals surface area contributed by atoms with Crippen molar-refractivity contribution in [2.75, 3.05) is 43.6 Å². The molecule has 11 heteroatoms. The van der Waals surface area contributed by atoms with E-state index >= 15 is 0 Å². The van der Waals surface area contributed by atoms with Crippen LogP contribution in [-0.4, -0.2) is 75.0 Å². The van der Waals surface area contributed by atoms with E-state index < -0.39 is 0 Å². The number of hydrogen-bond donors (Lipinski definition) is 0. The molecule has 0 N–H and O–H groups in total. The van der Waals surface area contributed by atoms with Crippen LogP contribution in [-0.2, 0) is 16.0 Å². The second-order valence-electron chi connectivity index (χ2n) is 8.76. The van der Waals surface area contributed by atoms with Gasteiger partial charge in [0.15, 0.2) is 16.8 Å². The Labute approximate surface area is 202 Å². The largest absolute Gasteiger partial charge is 0.378 e. The molecule has 0 aromatic carbocycles. The molecule has 1 atom stereocenters. The molecule has 0 amide bonds. The molecule has 2 saturated heterocycles. The van der Waals surface area contributed by atoms with E-state index in [0.717, 1.165) is 60.8 Å². The maximum atomic E-state index is 13.2. The van der Waals surface area contributed by atoms with Crippen LogP contribution < -0.4 is 4.90 Å². The van der Waals surface area contributed by atoms with Gasteiger partial charge in [-0.1, -0.05) is 16.9 Å². The third-order valence-electron chi connectivity index (χ3n) is 6.31. The third-order valence-corrected chi connectivity index (χ3v) is 7.28. The van der Waals surface area contributed by atoms with Crippen LogP contribution in [0.1, 0.15) is 40.3 Å². The number of Topliss-reactive ketones (excluding diaryl/α,β-unsaturated/α-hetero) is 1. The Hall–Kier alpha value is -2.63. The zero-order chi connectivity index (χ0) is 23.7. The summed E-state index contributed by atoms with van der Waals surface area (Å²) in [5, 5.41) is 13.8. The zero-order valence-corrected chi connectivity index (χ0v) is 20.6. The van der Waals surface area contributed by atoms with Gasteiger partial charge in [0.1, 0.15) is 5.76 Å². The maximum absolute atomic E-state index is 13.2. The molecule has 0 radical (unpaired) electrons. The van der Waals surface area contributed by atoms with E-state index in [9.17, 15) is 4.79 Å². The Bertz CT molecular complexity index is 1160. The number of ketones is 1. The van der Waals surface area contributed by atoms with Gasteiger partial charge in [-0.05, 0) is 39.7 Å². The highest BCUT2D eigenvalue weighted by atomic mass is 32.2. The Morgan fingerprint density at radius 1 is 1.15 bits per heavy atom. The van der Waals surface area contributed by atoms with Crippen LogP contribution in [0.2, 0.25) is 0 Å². The summed E-state index contributed by atoms with van der Waals surface area (Å²) in [6.45, 7) is 10.1. The SMILES string of the molecule is Cc1cc(-n2c(C)cc(C(=O)CSc3nnc(N4CCOCC4)n3CC3CCCO3)c2C)no1. The first kappa shape index (κ1) is 23.1. The molecule has 34 heavy (non-hydrogen) atoms. The minimum Gasteiger partial charge on any atom is -0.378 e. The molecule has 5 rings (SSSR count). The van der Waals surface area contributed by atoms with E-state index in [1.54, 1.807) is 0 Å². The van der Waals surface area contributed by atoms with Crippen molar-refractivity contribution in [1.82, 2.24) is 24.5 Å². The summed E-state index contributed by atoms with van der Waals surface area (Å²) < 4.78 is 20.7. The fraction of sp³-hybridized carbons (Fsp3) is 0.565. The number of carbonyl (C=O) groups is 1. The molecular formula is C23H30N6O4S. The quantitative estimate of drug-likeness (QED) is 0.351. The van der Waals surface area contributed by atoms with Crippen molar-refractivity contribution in [2.45, 2.75) is 51.4 Å². The van der Waals surface area contributed by atoms with Crippen LogP contribution in [0.4, 0.5) is 5.95 Å². The fourth-order valence-corrected chi connectivity index (χ4v) is 5.43. The second-order valence-corrected chi connectivity index (χ2v) is 9.70. The van der Waals surface area contributed by atoms with Crippen LogP contribution in [0.3, 0.4) is 0 Å². The van der Waals surface area contributed by atoms with Gasteiger partial charge in [-0.3, -0.25) is 13.9 Å². The molecule has 3 aromatic rings. The summed E-state index contributed by atoms with van der Waals surface area (Å²) in [6.07, 6.45) is 2.24. The van der Waals surface area contributed by atoms with Crippen LogP contribution in [0, 0.1) is 20.8 Å². The number of rotatable bonds is 8. The van der Waals surface area contributed by atoms with Crippen LogP contribution in [0.5, 0.6) is 0 Å². The maximum Gasteiger partial charge on any atom is 0.228 e.